The van der Waals surface area contributed by atoms with E-state index in [9.17, 15) is 8.42 Å². The molecule has 118 valence electrons. The lowest BCUT2D eigenvalue weighted by molar-refractivity contribution is 0.594. The van der Waals surface area contributed by atoms with Crippen LogP contribution < -0.4 is 4.83 Å². The summed E-state index contributed by atoms with van der Waals surface area (Å²) in [4.78, 5) is 2.72. The first-order valence-electron chi connectivity index (χ1n) is 7.04. The fraction of sp³-hybridized carbons (Fsp3) is 0.125. The van der Waals surface area contributed by atoms with Gasteiger partial charge >= 0.3 is 0 Å². The molecule has 0 fully saturated rings. The second-order valence-corrected chi connectivity index (χ2v) is 6.84. The van der Waals surface area contributed by atoms with Crippen LogP contribution in [0.2, 0.25) is 0 Å². The molecule has 1 heterocycles. The number of hydrogen-bond donors (Lipinski definition) is 1. The SMILES string of the molecule is Cc1ccc(S(=O)(=O)Nn2c(C)nnc2-c2ccccc2)cc1. The lowest BCUT2D eigenvalue weighted by Gasteiger charge is -2.12. The van der Waals surface area contributed by atoms with E-state index in [4.69, 9.17) is 0 Å². The average Bonchev–Trinajstić information content (AvgIpc) is 2.89. The van der Waals surface area contributed by atoms with Gasteiger partial charge in [0.25, 0.3) is 10.0 Å². The van der Waals surface area contributed by atoms with Gasteiger partial charge in [-0.1, -0.05) is 48.0 Å². The molecular weight excluding hydrogens is 312 g/mol. The van der Waals surface area contributed by atoms with Crippen molar-refractivity contribution in [3.8, 4) is 11.4 Å². The molecule has 6 nitrogen and oxygen atoms in total. The molecule has 0 radical (unpaired) electrons. The third kappa shape index (κ3) is 3.09. The molecule has 0 amide bonds. The number of benzene rings is 2. The zero-order chi connectivity index (χ0) is 16.4. The van der Waals surface area contributed by atoms with Crippen molar-refractivity contribution in [1.29, 1.82) is 0 Å². The van der Waals surface area contributed by atoms with Crippen molar-refractivity contribution in [1.82, 2.24) is 14.9 Å². The minimum absolute atomic E-state index is 0.190. The van der Waals surface area contributed by atoms with Crippen molar-refractivity contribution in [3.63, 3.8) is 0 Å². The van der Waals surface area contributed by atoms with E-state index in [1.54, 1.807) is 31.2 Å². The van der Waals surface area contributed by atoms with Gasteiger partial charge in [0.05, 0.1) is 4.90 Å². The summed E-state index contributed by atoms with van der Waals surface area (Å²) >= 11 is 0. The maximum atomic E-state index is 12.6. The van der Waals surface area contributed by atoms with Crippen molar-refractivity contribution in [2.24, 2.45) is 0 Å². The summed E-state index contributed by atoms with van der Waals surface area (Å²) < 4.78 is 26.5. The summed E-state index contributed by atoms with van der Waals surface area (Å²) in [5.74, 6) is 0.901. The van der Waals surface area contributed by atoms with Crippen LogP contribution >= 0.6 is 0 Å². The second kappa shape index (κ2) is 5.85. The van der Waals surface area contributed by atoms with Gasteiger partial charge in [-0.2, -0.15) is 8.42 Å². The molecule has 0 saturated carbocycles. The summed E-state index contributed by atoms with van der Waals surface area (Å²) in [5.41, 5.74) is 1.77. The van der Waals surface area contributed by atoms with Crippen LogP contribution in [-0.4, -0.2) is 23.3 Å². The van der Waals surface area contributed by atoms with Gasteiger partial charge in [-0.3, -0.25) is 0 Å². The van der Waals surface area contributed by atoms with Gasteiger partial charge in [-0.15, -0.1) is 10.2 Å². The Morgan fingerprint density at radius 3 is 2.22 bits per heavy atom. The number of sulfonamides is 1. The molecule has 1 aromatic heterocycles. The molecule has 0 atom stereocenters. The van der Waals surface area contributed by atoms with E-state index in [1.807, 2.05) is 37.3 Å². The van der Waals surface area contributed by atoms with Crippen LogP contribution in [0.1, 0.15) is 11.4 Å². The van der Waals surface area contributed by atoms with Crippen LogP contribution in [0.4, 0.5) is 0 Å². The summed E-state index contributed by atoms with van der Waals surface area (Å²) in [7, 11) is -3.72. The second-order valence-electron chi connectivity index (χ2n) is 5.18. The topological polar surface area (TPSA) is 76.9 Å². The van der Waals surface area contributed by atoms with Crippen molar-refractivity contribution in [2.45, 2.75) is 18.7 Å². The molecule has 0 spiro atoms. The zero-order valence-corrected chi connectivity index (χ0v) is 13.6. The van der Waals surface area contributed by atoms with E-state index in [2.05, 4.69) is 15.0 Å². The molecule has 23 heavy (non-hydrogen) atoms. The number of nitrogens with one attached hydrogen (secondary N) is 1. The number of aromatic nitrogens is 3. The average molecular weight is 328 g/mol. The van der Waals surface area contributed by atoms with E-state index in [-0.39, 0.29) is 4.90 Å². The van der Waals surface area contributed by atoms with Crippen LogP contribution in [0.15, 0.2) is 59.5 Å². The van der Waals surface area contributed by atoms with Crippen molar-refractivity contribution < 1.29 is 8.42 Å². The highest BCUT2D eigenvalue weighted by atomic mass is 32.2. The minimum atomic E-state index is -3.72. The van der Waals surface area contributed by atoms with E-state index in [0.717, 1.165) is 11.1 Å². The van der Waals surface area contributed by atoms with Crippen molar-refractivity contribution in [3.05, 3.63) is 66.0 Å². The van der Waals surface area contributed by atoms with Crippen LogP contribution in [0.5, 0.6) is 0 Å². The van der Waals surface area contributed by atoms with Gasteiger partial charge in [0.15, 0.2) is 5.82 Å². The number of rotatable bonds is 4. The predicted molar refractivity (Wildman–Crippen MR) is 87.9 cm³/mol. The quantitative estimate of drug-likeness (QED) is 0.798. The Morgan fingerprint density at radius 1 is 0.913 bits per heavy atom. The molecule has 7 heteroatoms. The monoisotopic (exact) mass is 328 g/mol. The Hall–Kier alpha value is -2.67. The maximum absolute atomic E-state index is 12.6. The Labute approximate surface area is 134 Å². The highest BCUT2D eigenvalue weighted by Gasteiger charge is 2.19. The Kier molecular flexibility index (Phi) is 3.87. The fourth-order valence-corrected chi connectivity index (χ4v) is 3.19. The number of hydrogen-bond acceptors (Lipinski definition) is 4. The maximum Gasteiger partial charge on any atom is 0.275 e. The van der Waals surface area contributed by atoms with Crippen LogP contribution in [-0.2, 0) is 10.0 Å². The lowest BCUT2D eigenvalue weighted by atomic mass is 10.2. The normalized spacial score (nSPS) is 11.4. The largest absolute Gasteiger partial charge is 0.275 e. The van der Waals surface area contributed by atoms with E-state index < -0.39 is 10.0 Å². The van der Waals surface area contributed by atoms with Crippen LogP contribution in [0.3, 0.4) is 0 Å². The third-order valence-electron chi connectivity index (χ3n) is 3.40. The van der Waals surface area contributed by atoms with Crippen molar-refractivity contribution in [2.75, 3.05) is 4.83 Å². The minimum Gasteiger partial charge on any atom is -0.213 e. The number of aryl methyl sites for hydroxylation is 2. The Bertz CT molecular complexity index is 916. The smallest absolute Gasteiger partial charge is 0.213 e. The molecule has 3 aromatic rings. The highest BCUT2D eigenvalue weighted by molar-refractivity contribution is 7.92. The summed E-state index contributed by atoms with van der Waals surface area (Å²) in [5, 5.41) is 8.03. The summed E-state index contributed by atoms with van der Waals surface area (Å²) in [6.45, 7) is 3.60. The van der Waals surface area contributed by atoms with E-state index in [1.165, 1.54) is 4.68 Å². The van der Waals surface area contributed by atoms with Gasteiger partial charge in [-0.05, 0) is 26.0 Å². The van der Waals surface area contributed by atoms with Gasteiger partial charge in [0.2, 0.25) is 0 Å². The standard InChI is InChI=1S/C16H16N4O2S/c1-12-8-10-15(11-9-12)23(21,22)19-20-13(2)17-18-16(20)14-6-4-3-5-7-14/h3-11,19H,1-2H3. The lowest BCUT2D eigenvalue weighted by Crippen LogP contribution is -2.25. The molecule has 0 unspecified atom stereocenters. The van der Waals surface area contributed by atoms with Crippen LogP contribution in [0, 0.1) is 13.8 Å². The van der Waals surface area contributed by atoms with Gasteiger partial charge in [0.1, 0.15) is 5.82 Å². The van der Waals surface area contributed by atoms with E-state index >= 15 is 0 Å². The first kappa shape index (κ1) is 15.2. The Balaban J connectivity index is 2.00. The molecule has 0 aliphatic rings. The fourth-order valence-electron chi connectivity index (χ4n) is 2.14. The molecule has 1 N–H and O–H groups in total. The van der Waals surface area contributed by atoms with Gasteiger partial charge in [-0.25, -0.2) is 9.51 Å². The van der Waals surface area contributed by atoms with E-state index in [0.29, 0.717) is 11.6 Å². The summed E-state index contributed by atoms with van der Waals surface area (Å²) in [6, 6.07) is 15.9. The first-order valence-corrected chi connectivity index (χ1v) is 8.52. The Morgan fingerprint density at radius 2 is 1.57 bits per heavy atom. The molecule has 3 rings (SSSR count). The van der Waals surface area contributed by atoms with Crippen molar-refractivity contribution >= 4 is 10.0 Å². The molecule has 0 aliphatic heterocycles. The predicted octanol–water partition coefficient (Wildman–Crippen LogP) is 2.49. The highest BCUT2D eigenvalue weighted by Crippen LogP contribution is 2.18. The molecule has 0 bridgehead atoms. The van der Waals surface area contributed by atoms with Crippen LogP contribution in [0.25, 0.3) is 11.4 Å². The molecule has 0 aliphatic carbocycles. The molecular formula is C16H16N4O2S. The summed E-state index contributed by atoms with van der Waals surface area (Å²) in [6.07, 6.45) is 0. The third-order valence-corrected chi connectivity index (χ3v) is 4.72. The first-order chi connectivity index (χ1) is 11.0. The van der Waals surface area contributed by atoms with Gasteiger partial charge in [0, 0.05) is 5.56 Å². The molecule has 0 saturated heterocycles. The number of nitrogens with zero attached hydrogens (tertiary/aromatic N) is 3. The molecule has 2 aromatic carbocycles. The van der Waals surface area contributed by atoms with Gasteiger partial charge < -0.3 is 0 Å². The zero-order valence-electron chi connectivity index (χ0n) is 12.8.